The third kappa shape index (κ3) is 5.21. The summed E-state index contributed by atoms with van der Waals surface area (Å²) in [5, 5.41) is 5.67. The monoisotopic (exact) mass is 288 g/mol. The van der Waals surface area contributed by atoms with Gasteiger partial charge in [0.05, 0.1) is 0 Å². The molecule has 0 unspecified atom stereocenters. The molecular formula is C17H24N2O2. The number of rotatable bonds is 5. The lowest BCUT2D eigenvalue weighted by molar-refractivity contribution is -0.114. The summed E-state index contributed by atoms with van der Waals surface area (Å²) in [5.74, 6) is 0.626. The second-order valence-corrected chi connectivity index (χ2v) is 5.81. The van der Waals surface area contributed by atoms with Crippen LogP contribution in [0.25, 0.3) is 0 Å². The summed E-state index contributed by atoms with van der Waals surface area (Å²) in [6.07, 6.45) is 7.73. The maximum atomic E-state index is 12.0. The molecule has 0 heterocycles. The second kappa shape index (κ2) is 7.81. The highest BCUT2D eigenvalue weighted by Gasteiger charge is 2.13. The number of carbonyl (C=O) groups excluding carboxylic acids is 2. The number of nitrogens with one attached hydrogen (secondary N) is 2. The summed E-state index contributed by atoms with van der Waals surface area (Å²) in [6.45, 7) is 2.21. The Labute approximate surface area is 126 Å². The Morgan fingerprint density at radius 1 is 1.10 bits per heavy atom. The SMILES string of the molecule is CC(=O)Nc1ccc(C(=O)NCCC2CCCCC2)cc1. The Morgan fingerprint density at radius 2 is 1.76 bits per heavy atom. The molecule has 0 atom stereocenters. The van der Waals surface area contributed by atoms with Gasteiger partial charge in [0.2, 0.25) is 5.91 Å². The second-order valence-electron chi connectivity index (χ2n) is 5.81. The van der Waals surface area contributed by atoms with Crippen molar-refractivity contribution in [3.05, 3.63) is 29.8 Å². The number of carbonyl (C=O) groups is 2. The Hall–Kier alpha value is -1.84. The molecule has 2 N–H and O–H groups in total. The van der Waals surface area contributed by atoms with Crippen LogP contribution in [0.5, 0.6) is 0 Å². The minimum Gasteiger partial charge on any atom is -0.352 e. The van der Waals surface area contributed by atoms with Crippen molar-refractivity contribution in [1.29, 1.82) is 0 Å². The van der Waals surface area contributed by atoms with E-state index in [1.165, 1.54) is 39.0 Å². The number of hydrogen-bond donors (Lipinski definition) is 2. The van der Waals surface area contributed by atoms with Crippen molar-refractivity contribution in [2.24, 2.45) is 5.92 Å². The van der Waals surface area contributed by atoms with Crippen LogP contribution in [0.4, 0.5) is 5.69 Å². The lowest BCUT2D eigenvalue weighted by Crippen LogP contribution is -2.26. The predicted octanol–water partition coefficient (Wildman–Crippen LogP) is 3.35. The van der Waals surface area contributed by atoms with Crippen molar-refractivity contribution in [2.75, 3.05) is 11.9 Å². The van der Waals surface area contributed by atoms with Crippen LogP contribution in [-0.4, -0.2) is 18.4 Å². The van der Waals surface area contributed by atoms with Crippen molar-refractivity contribution in [3.63, 3.8) is 0 Å². The van der Waals surface area contributed by atoms with Crippen LogP contribution < -0.4 is 10.6 Å². The van der Waals surface area contributed by atoms with E-state index in [1.807, 2.05) is 0 Å². The van der Waals surface area contributed by atoms with Crippen molar-refractivity contribution in [3.8, 4) is 0 Å². The third-order valence-electron chi connectivity index (χ3n) is 4.03. The minimum absolute atomic E-state index is 0.0415. The van der Waals surface area contributed by atoms with E-state index in [9.17, 15) is 9.59 Å². The Bertz CT molecular complexity index is 476. The maximum absolute atomic E-state index is 12.0. The summed E-state index contributed by atoms with van der Waals surface area (Å²) >= 11 is 0. The molecule has 2 rings (SSSR count). The average molecular weight is 288 g/mol. The molecule has 0 aliphatic heterocycles. The molecule has 1 aliphatic rings. The summed E-state index contributed by atoms with van der Waals surface area (Å²) in [5.41, 5.74) is 1.34. The highest BCUT2D eigenvalue weighted by atomic mass is 16.2. The van der Waals surface area contributed by atoms with Gasteiger partial charge < -0.3 is 10.6 Å². The van der Waals surface area contributed by atoms with Crippen LogP contribution in [0.3, 0.4) is 0 Å². The maximum Gasteiger partial charge on any atom is 0.251 e. The molecule has 21 heavy (non-hydrogen) atoms. The van der Waals surface area contributed by atoms with Crippen LogP contribution in [0.2, 0.25) is 0 Å². The van der Waals surface area contributed by atoms with E-state index in [0.717, 1.165) is 18.9 Å². The molecule has 4 nitrogen and oxygen atoms in total. The molecule has 2 amide bonds. The van der Waals surface area contributed by atoms with E-state index in [0.29, 0.717) is 11.3 Å². The van der Waals surface area contributed by atoms with Crippen LogP contribution in [0.1, 0.15) is 55.8 Å². The average Bonchev–Trinajstić information content (AvgIpc) is 2.48. The van der Waals surface area contributed by atoms with Gasteiger partial charge in [0, 0.05) is 24.7 Å². The molecule has 1 aromatic carbocycles. The smallest absolute Gasteiger partial charge is 0.251 e. The fourth-order valence-electron chi connectivity index (χ4n) is 2.88. The van der Waals surface area contributed by atoms with Crippen LogP contribution >= 0.6 is 0 Å². The summed E-state index contributed by atoms with van der Waals surface area (Å²) in [4.78, 5) is 23.0. The summed E-state index contributed by atoms with van der Waals surface area (Å²) in [7, 11) is 0. The number of anilines is 1. The molecule has 0 radical (unpaired) electrons. The molecule has 114 valence electrons. The van der Waals surface area contributed by atoms with Crippen LogP contribution in [0, 0.1) is 5.92 Å². The zero-order chi connectivity index (χ0) is 15.1. The van der Waals surface area contributed by atoms with Gasteiger partial charge in [0.25, 0.3) is 5.91 Å². The van der Waals surface area contributed by atoms with Gasteiger partial charge >= 0.3 is 0 Å². The fourth-order valence-corrected chi connectivity index (χ4v) is 2.88. The van der Waals surface area contributed by atoms with E-state index < -0.39 is 0 Å². The lowest BCUT2D eigenvalue weighted by Gasteiger charge is -2.21. The first-order chi connectivity index (χ1) is 10.1. The van der Waals surface area contributed by atoms with E-state index in [-0.39, 0.29) is 11.8 Å². The first-order valence-electron chi connectivity index (χ1n) is 7.81. The number of benzene rings is 1. The first-order valence-corrected chi connectivity index (χ1v) is 7.81. The van der Waals surface area contributed by atoms with Crippen molar-refractivity contribution in [2.45, 2.75) is 45.4 Å². The largest absolute Gasteiger partial charge is 0.352 e. The topological polar surface area (TPSA) is 58.2 Å². The van der Waals surface area contributed by atoms with Gasteiger partial charge in [-0.3, -0.25) is 9.59 Å². The van der Waals surface area contributed by atoms with Gasteiger partial charge in [-0.2, -0.15) is 0 Å². The molecule has 0 bridgehead atoms. The standard InChI is InChI=1S/C17H24N2O2/c1-13(20)19-16-9-7-15(8-10-16)17(21)18-12-11-14-5-3-2-4-6-14/h7-10,14H,2-6,11-12H2,1H3,(H,18,21)(H,19,20). The Morgan fingerprint density at radius 3 is 2.38 bits per heavy atom. The third-order valence-corrected chi connectivity index (χ3v) is 4.03. The van der Waals surface area contributed by atoms with Crippen molar-refractivity contribution in [1.82, 2.24) is 5.32 Å². The van der Waals surface area contributed by atoms with E-state index in [1.54, 1.807) is 24.3 Å². The van der Waals surface area contributed by atoms with Gasteiger partial charge in [-0.1, -0.05) is 32.1 Å². The Kier molecular flexibility index (Phi) is 5.78. The summed E-state index contributed by atoms with van der Waals surface area (Å²) in [6, 6.07) is 6.97. The molecule has 1 fully saturated rings. The zero-order valence-electron chi connectivity index (χ0n) is 12.7. The molecular weight excluding hydrogens is 264 g/mol. The van der Waals surface area contributed by atoms with Gasteiger partial charge in [-0.05, 0) is 36.6 Å². The quantitative estimate of drug-likeness (QED) is 0.873. The van der Waals surface area contributed by atoms with Gasteiger partial charge in [-0.15, -0.1) is 0 Å². The van der Waals surface area contributed by atoms with Crippen LogP contribution in [-0.2, 0) is 4.79 Å². The number of amides is 2. The molecule has 0 saturated heterocycles. The van der Waals surface area contributed by atoms with Crippen molar-refractivity contribution >= 4 is 17.5 Å². The lowest BCUT2D eigenvalue weighted by atomic mass is 9.87. The summed E-state index contributed by atoms with van der Waals surface area (Å²) < 4.78 is 0. The van der Waals surface area contributed by atoms with Crippen molar-refractivity contribution < 1.29 is 9.59 Å². The first kappa shape index (κ1) is 15.5. The predicted molar refractivity (Wildman–Crippen MR) is 84.3 cm³/mol. The van der Waals surface area contributed by atoms with Gasteiger partial charge in [0.1, 0.15) is 0 Å². The molecule has 0 spiro atoms. The molecule has 1 aromatic rings. The minimum atomic E-state index is -0.111. The molecule has 4 heteroatoms. The molecule has 1 aliphatic carbocycles. The van der Waals surface area contributed by atoms with Crippen LogP contribution in [0.15, 0.2) is 24.3 Å². The normalized spacial score (nSPS) is 15.5. The highest BCUT2D eigenvalue weighted by Crippen LogP contribution is 2.25. The van der Waals surface area contributed by atoms with E-state index >= 15 is 0 Å². The molecule has 1 saturated carbocycles. The van der Waals surface area contributed by atoms with E-state index in [2.05, 4.69) is 10.6 Å². The fraction of sp³-hybridized carbons (Fsp3) is 0.529. The highest BCUT2D eigenvalue weighted by molar-refractivity contribution is 5.95. The number of hydrogen-bond acceptors (Lipinski definition) is 2. The van der Waals surface area contributed by atoms with Gasteiger partial charge in [0.15, 0.2) is 0 Å². The van der Waals surface area contributed by atoms with E-state index in [4.69, 9.17) is 0 Å². The van der Waals surface area contributed by atoms with Gasteiger partial charge in [-0.25, -0.2) is 0 Å². The Balaban J connectivity index is 1.75. The zero-order valence-corrected chi connectivity index (χ0v) is 12.7. The molecule has 0 aromatic heterocycles.